The van der Waals surface area contributed by atoms with Crippen molar-refractivity contribution in [2.24, 2.45) is 10.7 Å². The Balaban J connectivity index is 1.94. The van der Waals surface area contributed by atoms with Crippen LogP contribution in [0.25, 0.3) is 5.69 Å². The highest BCUT2D eigenvalue weighted by atomic mass is 19.1. The molecule has 0 fully saturated rings. The monoisotopic (exact) mass is 395 g/mol. The molecule has 1 atom stereocenters. The number of hydrogen-bond acceptors (Lipinski definition) is 6. The molecule has 1 aliphatic rings. The fraction of sp³-hybridized carbons (Fsp3) is 0.286. The van der Waals surface area contributed by atoms with Crippen molar-refractivity contribution in [2.75, 3.05) is 14.2 Å². The van der Waals surface area contributed by atoms with Crippen LogP contribution in [0.4, 0.5) is 4.39 Å². The molecule has 0 saturated heterocycles. The van der Waals surface area contributed by atoms with Crippen LogP contribution in [0, 0.1) is 5.82 Å². The number of hydrogen-bond donors (Lipinski definition) is 1. The summed E-state index contributed by atoms with van der Waals surface area (Å²) in [5, 5.41) is 8.54. The van der Waals surface area contributed by atoms with Gasteiger partial charge in [0.2, 0.25) is 0 Å². The van der Waals surface area contributed by atoms with E-state index in [1.807, 2.05) is 23.6 Å². The molecule has 29 heavy (non-hydrogen) atoms. The highest BCUT2D eigenvalue weighted by molar-refractivity contribution is 6.16. The Morgan fingerprint density at radius 1 is 1.17 bits per heavy atom. The standard InChI is InChI=1S/C21H22FN5O2/c1-12(23)9-18-25-26-19-11-24-21(14-8-7-13(28-2)10-17(14)29-3)20-15(22)5-4-6-16(20)27(18)19/h4-8,10,12H,9,11,23H2,1-3H3. The average Bonchev–Trinajstić information content (AvgIpc) is 3.01. The zero-order chi connectivity index (χ0) is 20.5. The molecule has 0 spiro atoms. The minimum atomic E-state index is -0.382. The molecular formula is C21H22FN5O2. The van der Waals surface area contributed by atoms with Crippen molar-refractivity contribution in [1.29, 1.82) is 0 Å². The average molecular weight is 395 g/mol. The number of ether oxygens (including phenoxy) is 2. The van der Waals surface area contributed by atoms with Crippen molar-refractivity contribution in [3.8, 4) is 17.2 Å². The van der Waals surface area contributed by atoms with Gasteiger partial charge in [-0.3, -0.25) is 9.56 Å². The third-order valence-corrected chi connectivity index (χ3v) is 4.81. The summed E-state index contributed by atoms with van der Waals surface area (Å²) in [6.45, 7) is 2.15. The Kier molecular flexibility index (Phi) is 5.02. The fourth-order valence-corrected chi connectivity index (χ4v) is 3.53. The lowest BCUT2D eigenvalue weighted by molar-refractivity contribution is 0.394. The summed E-state index contributed by atoms with van der Waals surface area (Å²) < 4.78 is 27.8. The number of benzene rings is 2. The number of methoxy groups -OCH3 is 2. The van der Waals surface area contributed by atoms with Gasteiger partial charge in [-0.1, -0.05) is 6.07 Å². The first-order chi connectivity index (χ1) is 14.0. The van der Waals surface area contributed by atoms with Crippen molar-refractivity contribution >= 4 is 5.71 Å². The van der Waals surface area contributed by atoms with E-state index < -0.39 is 0 Å². The van der Waals surface area contributed by atoms with Crippen LogP contribution in [0.5, 0.6) is 11.5 Å². The number of aromatic nitrogens is 3. The van der Waals surface area contributed by atoms with Gasteiger partial charge in [-0.25, -0.2) is 4.39 Å². The molecule has 1 aliphatic heterocycles. The van der Waals surface area contributed by atoms with Gasteiger partial charge in [0.1, 0.15) is 29.7 Å². The molecule has 3 aromatic rings. The van der Waals surface area contributed by atoms with Crippen molar-refractivity contribution in [1.82, 2.24) is 14.8 Å². The maximum Gasteiger partial charge on any atom is 0.159 e. The highest BCUT2D eigenvalue weighted by Crippen LogP contribution is 2.33. The Morgan fingerprint density at radius 3 is 2.72 bits per heavy atom. The molecule has 2 heterocycles. The van der Waals surface area contributed by atoms with E-state index in [1.165, 1.54) is 6.07 Å². The lowest BCUT2D eigenvalue weighted by atomic mass is 9.98. The largest absolute Gasteiger partial charge is 0.497 e. The molecule has 8 heteroatoms. The maximum absolute atomic E-state index is 15.1. The molecule has 150 valence electrons. The Morgan fingerprint density at radius 2 is 2.00 bits per heavy atom. The van der Waals surface area contributed by atoms with Crippen molar-refractivity contribution < 1.29 is 13.9 Å². The number of nitrogens with two attached hydrogens (primary N) is 1. The number of halogens is 1. The molecule has 1 aromatic heterocycles. The third kappa shape index (κ3) is 3.36. The first-order valence-corrected chi connectivity index (χ1v) is 9.28. The van der Waals surface area contributed by atoms with Crippen LogP contribution < -0.4 is 15.2 Å². The van der Waals surface area contributed by atoms with Crippen LogP contribution in [0.2, 0.25) is 0 Å². The summed E-state index contributed by atoms with van der Waals surface area (Å²) in [4.78, 5) is 4.69. The molecule has 2 aromatic carbocycles. The number of fused-ring (bicyclic) bond motifs is 3. The van der Waals surface area contributed by atoms with Crippen molar-refractivity contribution in [3.05, 3.63) is 65.0 Å². The van der Waals surface area contributed by atoms with E-state index in [4.69, 9.17) is 20.2 Å². The summed E-state index contributed by atoms with van der Waals surface area (Å²) in [6.07, 6.45) is 0.518. The van der Waals surface area contributed by atoms with Gasteiger partial charge in [-0.05, 0) is 31.2 Å². The van der Waals surface area contributed by atoms with Crippen LogP contribution in [-0.2, 0) is 13.0 Å². The predicted molar refractivity (Wildman–Crippen MR) is 108 cm³/mol. The van der Waals surface area contributed by atoms with Gasteiger partial charge in [0.15, 0.2) is 5.82 Å². The first kappa shape index (κ1) is 19.1. The zero-order valence-electron chi connectivity index (χ0n) is 16.5. The molecule has 7 nitrogen and oxygen atoms in total. The molecule has 0 aliphatic carbocycles. The van der Waals surface area contributed by atoms with Crippen molar-refractivity contribution in [3.63, 3.8) is 0 Å². The maximum atomic E-state index is 15.1. The molecule has 1 unspecified atom stereocenters. The second kappa shape index (κ2) is 7.63. The minimum Gasteiger partial charge on any atom is -0.497 e. The quantitative estimate of drug-likeness (QED) is 0.718. The SMILES string of the molecule is COc1ccc(C2=NCc3nnc(CC(C)N)n3-c3cccc(F)c32)c(OC)c1. The second-order valence-corrected chi connectivity index (χ2v) is 6.91. The highest BCUT2D eigenvalue weighted by Gasteiger charge is 2.27. The molecule has 0 radical (unpaired) electrons. The number of aliphatic imine (C=N–C) groups is 1. The van der Waals surface area contributed by atoms with Crippen LogP contribution >= 0.6 is 0 Å². The normalized spacial score (nSPS) is 13.8. The molecule has 0 bridgehead atoms. The van der Waals surface area contributed by atoms with E-state index in [-0.39, 0.29) is 18.4 Å². The van der Waals surface area contributed by atoms with Gasteiger partial charge in [0.05, 0.1) is 31.2 Å². The fourth-order valence-electron chi connectivity index (χ4n) is 3.53. The van der Waals surface area contributed by atoms with E-state index in [0.29, 0.717) is 52.1 Å². The van der Waals surface area contributed by atoms with Gasteiger partial charge in [0.25, 0.3) is 0 Å². The van der Waals surface area contributed by atoms with E-state index in [9.17, 15) is 0 Å². The third-order valence-electron chi connectivity index (χ3n) is 4.81. The number of nitrogens with zero attached hydrogens (tertiary/aromatic N) is 4. The minimum absolute atomic E-state index is 0.106. The summed E-state index contributed by atoms with van der Waals surface area (Å²) in [6, 6.07) is 10.2. The lowest BCUT2D eigenvalue weighted by Crippen LogP contribution is -2.21. The van der Waals surface area contributed by atoms with E-state index in [2.05, 4.69) is 10.2 Å². The summed E-state index contributed by atoms with van der Waals surface area (Å²) in [5.74, 6) is 2.12. The topological polar surface area (TPSA) is 87.5 Å². The predicted octanol–water partition coefficient (Wildman–Crippen LogP) is 2.66. The lowest BCUT2D eigenvalue weighted by Gasteiger charge is -2.16. The van der Waals surface area contributed by atoms with Gasteiger partial charge in [-0.15, -0.1) is 10.2 Å². The van der Waals surface area contributed by atoms with E-state index in [0.717, 1.165) is 0 Å². The first-order valence-electron chi connectivity index (χ1n) is 9.28. The smallest absolute Gasteiger partial charge is 0.159 e. The Labute approximate surface area is 168 Å². The van der Waals surface area contributed by atoms with Crippen molar-refractivity contribution in [2.45, 2.75) is 25.9 Å². The van der Waals surface area contributed by atoms with E-state index >= 15 is 4.39 Å². The van der Waals surface area contributed by atoms with Crippen LogP contribution in [0.1, 0.15) is 29.7 Å². The van der Waals surface area contributed by atoms with Gasteiger partial charge in [0, 0.05) is 24.1 Å². The number of rotatable bonds is 5. The molecular weight excluding hydrogens is 373 g/mol. The summed E-state index contributed by atoms with van der Waals surface area (Å²) in [7, 11) is 3.14. The Bertz CT molecular complexity index is 1090. The summed E-state index contributed by atoms with van der Waals surface area (Å²) >= 11 is 0. The molecule has 4 rings (SSSR count). The van der Waals surface area contributed by atoms with Crippen LogP contribution in [-0.4, -0.2) is 40.7 Å². The zero-order valence-corrected chi connectivity index (χ0v) is 16.5. The molecule has 0 saturated carbocycles. The van der Waals surface area contributed by atoms with Crippen LogP contribution in [0.15, 0.2) is 41.4 Å². The summed E-state index contributed by atoms with van der Waals surface area (Å²) in [5.41, 5.74) is 8.15. The molecule has 0 amide bonds. The van der Waals surface area contributed by atoms with E-state index in [1.54, 1.807) is 32.4 Å². The Hall–Kier alpha value is -3.26. The van der Waals surface area contributed by atoms with Gasteiger partial charge < -0.3 is 15.2 Å². The van der Waals surface area contributed by atoms with Crippen LogP contribution in [0.3, 0.4) is 0 Å². The molecule has 2 N–H and O–H groups in total. The second-order valence-electron chi connectivity index (χ2n) is 6.91. The van der Waals surface area contributed by atoms with Gasteiger partial charge >= 0.3 is 0 Å². The van der Waals surface area contributed by atoms with Gasteiger partial charge in [-0.2, -0.15) is 0 Å².